The van der Waals surface area contributed by atoms with Gasteiger partial charge in [-0.25, -0.2) is 4.79 Å². The van der Waals surface area contributed by atoms with E-state index in [1.165, 1.54) is 0 Å². The van der Waals surface area contributed by atoms with Crippen LogP contribution in [0.1, 0.15) is 31.1 Å². The average molecular weight is 310 g/mol. The Morgan fingerprint density at radius 1 is 0.773 bits per heavy atom. The van der Waals surface area contributed by atoms with Gasteiger partial charge in [-0.3, -0.25) is 14.4 Å². The topological polar surface area (TPSA) is 105 Å². The fourth-order valence-corrected chi connectivity index (χ4v) is 1.56. The third-order valence-electron chi connectivity index (χ3n) is 2.20. The van der Waals surface area contributed by atoms with Crippen molar-refractivity contribution in [2.75, 3.05) is 7.11 Å². The zero-order chi connectivity index (χ0) is 16.9. The maximum Gasteiger partial charge on any atom is 0.345 e. The second-order valence-electron chi connectivity index (χ2n) is 4.07. The molecule has 0 saturated carbocycles. The Hall–Kier alpha value is -2.90. The maximum atomic E-state index is 11.8. The Morgan fingerprint density at radius 3 is 1.50 bits per heavy atom. The van der Waals surface area contributed by atoms with Gasteiger partial charge in [0.25, 0.3) is 0 Å². The van der Waals surface area contributed by atoms with Crippen molar-refractivity contribution in [3.05, 3.63) is 17.7 Å². The monoisotopic (exact) mass is 310 g/mol. The average Bonchev–Trinajstić information content (AvgIpc) is 2.35. The summed E-state index contributed by atoms with van der Waals surface area (Å²) in [5, 5.41) is 0. The van der Waals surface area contributed by atoms with Crippen molar-refractivity contribution < 1.29 is 38.1 Å². The van der Waals surface area contributed by atoms with Crippen molar-refractivity contribution in [3.63, 3.8) is 0 Å². The van der Waals surface area contributed by atoms with E-state index in [0.717, 1.165) is 40.0 Å². The van der Waals surface area contributed by atoms with E-state index in [1.807, 2.05) is 0 Å². The summed E-state index contributed by atoms with van der Waals surface area (Å²) in [7, 11) is 1.11. The molecule has 1 aromatic carbocycles. The Bertz CT molecular complexity index is 595. The van der Waals surface area contributed by atoms with E-state index in [1.54, 1.807) is 0 Å². The van der Waals surface area contributed by atoms with Crippen LogP contribution < -0.4 is 14.2 Å². The van der Waals surface area contributed by atoms with Crippen molar-refractivity contribution in [2.24, 2.45) is 0 Å². The van der Waals surface area contributed by atoms with Crippen molar-refractivity contribution in [1.82, 2.24) is 0 Å². The van der Waals surface area contributed by atoms with Crippen molar-refractivity contribution in [2.45, 2.75) is 20.8 Å². The molecule has 0 unspecified atom stereocenters. The third-order valence-corrected chi connectivity index (χ3v) is 2.20. The molecule has 0 aliphatic carbocycles. The summed E-state index contributed by atoms with van der Waals surface area (Å²) in [4.78, 5) is 45.2. The highest BCUT2D eigenvalue weighted by atomic mass is 16.6. The van der Waals surface area contributed by atoms with E-state index in [0.29, 0.717) is 0 Å². The molecule has 8 heteroatoms. The minimum absolute atomic E-state index is 0.0624. The van der Waals surface area contributed by atoms with Crippen LogP contribution in [0.2, 0.25) is 0 Å². The number of esters is 4. The van der Waals surface area contributed by atoms with Gasteiger partial charge in [0.2, 0.25) is 0 Å². The van der Waals surface area contributed by atoms with Crippen LogP contribution in [0.4, 0.5) is 0 Å². The molecule has 118 valence electrons. The van der Waals surface area contributed by atoms with Gasteiger partial charge in [-0.05, 0) is 0 Å². The fraction of sp³-hybridized carbons (Fsp3) is 0.286. The summed E-state index contributed by atoms with van der Waals surface area (Å²) >= 11 is 0. The van der Waals surface area contributed by atoms with Gasteiger partial charge in [-0.15, -0.1) is 0 Å². The normalized spacial score (nSPS) is 9.64. The maximum absolute atomic E-state index is 11.8. The molecule has 0 aliphatic heterocycles. The summed E-state index contributed by atoms with van der Waals surface area (Å²) in [5.74, 6) is -3.55. The van der Waals surface area contributed by atoms with Crippen LogP contribution in [0.15, 0.2) is 12.1 Å². The molecule has 0 fully saturated rings. The highest BCUT2D eigenvalue weighted by molar-refractivity contribution is 5.97. The Balaban J connectivity index is 3.51. The molecule has 0 aromatic heterocycles. The summed E-state index contributed by atoms with van der Waals surface area (Å²) in [5.41, 5.74) is -0.274. The molecule has 0 spiro atoms. The predicted molar refractivity (Wildman–Crippen MR) is 71.7 cm³/mol. The molecule has 0 aliphatic rings. The summed E-state index contributed by atoms with van der Waals surface area (Å²) in [6.45, 7) is 3.39. The number of rotatable bonds is 4. The predicted octanol–water partition coefficient (Wildman–Crippen LogP) is 1.25. The van der Waals surface area contributed by atoms with E-state index >= 15 is 0 Å². The molecule has 1 aromatic rings. The molecule has 0 radical (unpaired) electrons. The largest absolute Gasteiger partial charge is 0.465 e. The summed E-state index contributed by atoms with van der Waals surface area (Å²) in [6.07, 6.45) is 0. The van der Waals surface area contributed by atoms with Crippen LogP contribution in [-0.4, -0.2) is 31.0 Å². The molecule has 0 atom stereocenters. The van der Waals surface area contributed by atoms with Crippen molar-refractivity contribution in [3.8, 4) is 17.2 Å². The SMILES string of the molecule is COC(=O)c1c(OC(C)=O)cc(OC(C)=O)cc1OC(C)=O. The lowest BCUT2D eigenvalue weighted by molar-refractivity contribution is -0.132. The van der Waals surface area contributed by atoms with E-state index < -0.39 is 23.9 Å². The van der Waals surface area contributed by atoms with Crippen LogP contribution in [0.3, 0.4) is 0 Å². The number of carbonyl (C=O) groups is 4. The van der Waals surface area contributed by atoms with Gasteiger partial charge in [0.1, 0.15) is 11.3 Å². The van der Waals surface area contributed by atoms with E-state index in [-0.39, 0.29) is 22.8 Å². The minimum Gasteiger partial charge on any atom is -0.465 e. The molecule has 0 bridgehead atoms. The molecular formula is C14H14O8. The first-order valence-corrected chi connectivity index (χ1v) is 6.06. The fourth-order valence-electron chi connectivity index (χ4n) is 1.56. The zero-order valence-electron chi connectivity index (χ0n) is 12.4. The van der Waals surface area contributed by atoms with Gasteiger partial charge < -0.3 is 18.9 Å². The van der Waals surface area contributed by atoms with Gasteiger partial charge in [0, 0.05) is 32.9 Å². The van der Waals surface area contributed by atoms with Gasteiger partial charge in [-0.1, -0.05) is 0 Å². The highest BCUT2D eigenvalue weighted by Gasteiger charge is 2.24. The minimum atomic E-state index is -0.887. The summed E-state index contributed by atoms with van der Waals surface area (Å²) in [6, 6.07) is 2.28. The molecule has 8 nitrogen and oxygen atoms in total. The molecule has 0 heterocycles. The molecule has 1 rings (SSSR count). The van der Waals surface area contributed by atoms with Gasteiger partial charge >= 0.3 is 23.9 Å². The highest BCUT2D eigenvalue weighted by Crippen LogP contribution is 2.35. The van der Waals surface area contributed by atoms with Gasteiger partial charge in [0.15, 0.2) is 11.5 Å². The molecular weight excluding hydrogens is 296 g/mol. The first-order valence-electron chi connectivity index (χ1n) is 6.06. The van der Waals surface area contributed by atoms with Crippen LogP contribution in [0.25, 0.3) is 0 Å². The number of benzene rings is 1. The smallest absolute Gasteiger partial charge is 0.345 e. The lowest BCUT2D eigenvalue weighted by Crippen LogP contribution is -2.14. The van der Waals surface area contributed by atoms with Gasteiger partial charge in [0.05, 0.1) is 7.11 Å². The lowest BCUT2D eigenvalue weighted by atomic mass is 10.1. The standard InChI is InChI=1S/C14H14O8/c1-7(15)20-10-5-11(21-8(2)16)13(14(18)19-4)12(6-10)22-9(3)17/h5-6H,1-4H3. The lowest BCUT2D eigenvalue weighted by Gasteiger charge is -2.14. The van der Waals surface area contributed by atoms with E-state index in [4.69, 9.17) is 14.2 Å². The Kier molecular flexibility index (Phi) is 5.62. The van der Waals surface area contributed by atoms with Crippen molar-refractivity contribution in [1.29, 1.82) is 0 Å². The van der Waals surface area contributed by atoms with Crippen LogP contribution in [0, 0.1) is 0 Å². The van der Waals surface area contributed by atoms with E-state index in [9.17, 15) is 19.2 Å². The Labute approximate surface area is 125 Å². The number of hydrogen-bond acceptors (Lipinski definition) is 8. The zero-order valence-corrected chi connectivity index (χ0v) is 12.4. The molecule has 0 amide bonds. The second-order valence-corrected chi connectivity index (χ2v) is 4.07. The Morgan fingerprint density at radius 2 is 1.18 bits per heavy atom. The number of methoxy groups -OCH3 is 1. The first-order chi connectivity index (χ1) is 10.2. The summed E-state index contributed by atoms with van der Waals surface area (Å²) < 4.78 is 19.2. The second kappa shape index (κ2) is 7.21. The number of ether oxygens (including phenoxy) is 4. The van der Waals surface area contributed by atoms with Gasteiger partial charge in [-0.2, -0.15) is 0 Å². The molecule has 0 N–H and O–H groups in total. The number of hydrogen-bond donors (Lipinski definition) is 0. The quantitative estimate of drug-likeness (QED) is 0.604. The molecule has 0 saturated heterocycles. The first kappa shape index (κ1) is 17.2. The van der Waals surface area contributed by atoms with Crippen LogP contribution >= 0.6 is 0 Å². The van der Waals surface area contributed by atoms with E-state index in [2.05, 4.69) is 4.74 Å². The third kappa shape index (κ3) is 4.58. The van der Waals surface area contributed by atoms with Crippen LogP contribution in [-0.2, 0) is 19.1 Å². The van der Waals surface area contributed by atoms with Crippen molar-refractivity contribution >= 4 is 23.9 Å². The van der Waals surface area contributed by atoms with Crippen LogP contribution in [0.5, 0.6) is 17.2 Å². The molecule has 22 heavy (non-hydrogen) atoms. The number of carbonyl (C=O) groups excluding carboxylic acids is 4.